The maximum Gasteiger partial charge on any atom is 0.123 e. The van der Waals surface area contributed by atoms with Gasteiger partial charge in [0.05, 0.1) is 6.10 Å². The summed E-state index contributed by atoms with van der Waals surface area (Å²) in [5.41, 5.74) is 2.06. The van der Waals surface area contributed by atoms with E-state index in [1.807, 2.05) is 6.92 Å². The molecule has 2 atom stereocenters. The third-order valence-electron chi connectivity index (χ3n) is 3.60. The van der Waals surface area contributed by atoms with Crippen molar-refractivity contribution >= 4 is 0 Å². The molecule has 1 aliphatic carbocycles. The molecule has 1 fully saturated rings. The second kappa shape index (κ2) is 5.61. The molecule has 0 bridgehead atoms. The molecule has 1 aromatic rings. The highest BCUT2D eigenvalue weighted by Crippen LogP contribution is 2.19. The van der Waals surface area contributed by atoms with Gasteiger partial charge in [0.1, 0.15) is 5.82 Å². The van der Waals surface area contributed by atoms with E-state index >= 15 is 0 Å². The molecule has 0 radical (unpaired) electrons. The van der Waals surface area contributed by atoms with Crippen LogP contribution in [0.25, 0.3) is 0 Å². The molecule has 0 saturated heterocycles. The van der Waals surface area contributed by atoms with Gasteiger partial charge in [0.25, 0.3) is 0 Å². The summed E-state index contributed by atoms with van der Waals surface area (Å²) in [6, 6.07) is 5.00. The van der Waals surface area contributed by atoms with Gasteiger partial charge in [0.15, 0.2) is 0 Å². The van der Waals surface area contributed by atoms with Crippen LogP contribution in [0, 0.1) is 12.7 Å². The predicted octanol–water partition coefficient (Wildman–Crippen LogP) is 2.53. The molecule has 0 aliphatic heterocycles. The molecule has 94 valence electrons. The van der Waals surface area contributed by atoms with Gasteiger partial charge in [0.2, 0.25) is 0 Å². The second-order valence-electron chi connectivity index (χ2n) is 4.91. The van der Waals surface area contributed by atoms with E-state index in [1.165, 1.54) is 6.07 Å². The molecule has 1 aromatic carbocycles. The molecule has 0 spiro atoms. The summed E-state index contributed by atoms with van der Waals surface area (Å²) in [5.74, 6) is -0.198. The third-order valence-corrected chi connectivity index (χ3v) is 3.60. The molecule has 2 nitrogen and oxygen atoms in total. The van der Waals surface area contributed by atoms with Crippen molar-refractivity contribution in [2.45, 2.75) is 51.3 Å². The topological polar surface area (TPSA) is 32.3 Å². The van der Waals surface area contributed by atoms with Gasteiger partial charge >= 0.3 is 0 Å². The Hall–Kier alpha value is -0.930. The minimum atomic E-state index is -0.252. The van der Waals surface area contributed by atoms with Gasteiger partial charge in [-0.2, -0.15) is 0 Å². The Bertz CT molecular complexity index is 380. The SMILES string of the molecule is Cc1ccc(F)cc1CNC1CCCCC1O. The molecule has 0 amide bonds. The molecule has 1 aliphatic rings. The summed E-state index contributed by atoms with van der Waals surface area (Å²) < 4.78 is 13.1. The average molecular weight is 237 g/mol. The monoisotopic (exact) mass is 237 g/mol. The third kappa shape index (κ3) is 3.27. The van der Waals surface area contributed by atoms with Crippen molar-refractivity contribution in [2.24, 2.45) is 0 Å². The van der Waals surface area contributed by atoms with Crippen molar-refractivity contribution in [3.05, 3.63) is 35.1 Å². The van der Waals surface area contributed by atoms with Crippen molar-refractivity contribution in [3.8, 4) is 0 Å². The van der Waals surface area contributed by atoms with Crippen molar-refractivity contribution in [1.82, 2.24) is 5.32 Å². The van der Waals surface area contributed by atoms with Crippen LogP contribution in [0.5, 0.6) is 0 Å². The molecular weight excluding hydrogens is 217 g/mol. The van der Waals surface area contributed by atoms with E-state index in [9.17, 15) is 9.50 Å². The zero-order valence-corrected chi connectivity index (χ0v) is 10.2. The number of aliphatic hydroxyl groups is 1. The summed E-state index contributed by atoms with van der Waals surface area (Å²) in [7, 11) is 0. The second-order valence-corrected chi connectivity index (χ2v) is 4.91. The van der Waals surface area contributed by atoms with Crippen LogP contribution in [0.4, 0.5) is 4.39 Å². The van der Waals surface area contributed by atoms with E-state index in [0.717, 1.165) is 36.8 Å². The minimum Gasteiger partial charge on any atom is -0.392 e. The van der Waals surface area contributed by atoms with Crippen LogP contribution in [0.3, 0.4) is 0 Å². The fourth-order valence-electron chi connectivity index (χ4n) is 2.42. The number of aryl methyl sites for hydroxylation is 1. The quantitative estimate of drug-likeness (QED) is 0.846. The fraction of sp³-hybridized carbons (Fsp3) is 0.571. The van der Waals surface area contributed by atoms with Crippen molar-refractivity contribution in [1.29, 1.82) is 0 Å². The fourth-order valence-corrected chi connectivity index (χ4v) is 2.42. The lowest BCUT2D eigenvalue weighted by Crippen LogP contribution is -2.41. The first-order valence-corrected chi connectivity index (χ1v) is 6.33. The Balaban J connectivity index is 1.94. The van der Waals surface area contributed by atoms with Gasteiger partial charge in [-0.25, -0.2) is 4.39 Å². The lowest BCUT2D eigenvalue weighted by molar-refractivity contribution is 0.0902. The summed E-state index contributed by atoms with van der Waals surface area (Å²) in [6.45, 7) is 2.61. The lowest BCUT2D eigenvalue weighted by Gasteiger charge is -2.28. The van der Waals surface area contributed by atoms with Gasteiger partial charge in [-0.1, -0.05) is 18.9 Å². The van der Waals surface area contributed by atoms with Gasteiger partial charge in [-0.05, 0) is 43.0 Å². The maximum absolute atomic E-state index is 13.1. The average Bonchev–Trinajstić information content (AvgIpc) is 2.32. The smallest absolute Gasteiger partial charge is 0.123 e. The molecule has 2 N–H and O–H groups in total. The Morgan fingerprint density at radius 1 is 1.35 bits per heavy atom. The van der Waals surface area contributed by atoms with Crippen LogP contribution in [-0.2, 0) is 6.54 Å². The van der Waals surface area contributed by atoms with Crippen molar-refractivity contribution < 1.29 is 9.50 Å². The number of nitrogens with one attached hydrogen (secondary N) is 1. The molecule has 2 rings (SSSR count). The van der Waals surface area contributed by atoms with Gasteiger partial charge < -0.3 is 10.4 Å². The summed E-state index contributed by atoms with van der Waals surface area (Å²) in [4.78, 5) is 0. The first-order chi connectivity index (χ1) is 8.16. The molecule has 3 heteroatoms. The number of halogens is 1. The highest BCUT2D eigenvalue weighted by molar-refractivity contribution is 5.26. The molecule has 0 aromatic heterocycles. The van der Waals surface area contributed by atoms with Crippen LogP contribution < -0.4 is 5.32 Å². The number of benzene rings is 1. The van der Waals surface area contributed by atoms with Crippen LogP contribution in [0.15, 0.2) is 18.2 Å². The Labute approximate surface area is 102 Å². The summed E-state index contributed by atoms with van der Waals surface area (Å²) in [5, 5.41) is 13.2. The molecule has 2 unspecified atom stereocenters. The van der Waals surface area contributed by atoms with Crippen LogP contribution in [0.1, 0.15) is 36.8 Å². The van der Waals surface area contributed by atoms with E-state index in [4.69, 9.17) is 0 Å². The highest BCUT2D eigenvalue weighted by atomic mass is 19.1. The Morgan fingerprint density at radius 2 is 2.12 bits per heavy atom. The van der Waals surface area contributed by atoms with Crippen LogP contribution in [0.2, 0.25) is 0 Å². The molecule has 1 saturated carbocycles. The molecule has 17 heavy (non-hydrogen) atoms. The molecule has 0 heterocycles. The predicted molar refractivity (Wildman–Crippen MR) is 66.2 cm³/mol. The largest absolute Gasteiger partial charge is 0.392 e. The van der Waals surface area contributed by atoms with E-state index in [2.05, 4.69) is 5.32 Å². The van der Waals surface area contributed by atoms with E-state index in [1.54, 1.807) is 12.1 Å². The number of rotatable bonds is 3. The lowest BCUT2D eigenvalue weighted by atomic mass is 9.92. The maximum atomic E-state index is 13.1. The van der Waals surface area contributed by atoms with E-state index in [0.29, 0.717) is 6.54 Å². The first-order valence-electron chi connectivity index (χ1n) is 6.33. The van der Waals surface area contributed by atoms with E-state index in [-0.39, 0.29) is 18.0 Å². The first kappa shape index (κ1) is 12.5. The Kier molecular flexibility index (Phi) is 4.13. The standard InChI is InChI=1S/C14H20FNO/c1-10-6-7-12(15)8-11(10)9-16-13-4-2-3-5-14(13)17/h6-8,13-14,16-17H,2-5,9H2,1H3. The minimum absolute atomic E-state index is 0.159. The Morgan fingerprint density at radius 3 is 2.88 bits per heavy atom. The van der Waals surface area contributed by atoms with Crippen molar-refractivity contribution in [3.63, 3.8) is 0 Å². The number of hydrogen-bond acceptors (Lipinski definition) is 2. The summed E-state index contributed by atoms with van der Waals surface area (Å²) >= 11 is 0. The molecular formula is C14H20FNO. The van der Waals surface area contributed by atoms with Crippen molar-refractivity contribution in [2.75, 3.05) is 0 Å². The zero-order chi connectivity index (χ0) is 12.3. The number of hydrogen-bond donors (Lipinski definition) is 2. The van der Waals surface area contributed by atoms with Gasteiger partial charge in [-0.15, -0.1) is 0 Å². The summed E-state index contributed by atoms with van der Waals surface area (Å²) in [6.07, 6.45) is 3.91. The normalized spacial score (nSPS) is 24.9. The highest BCUT2D eigenvalue weighted by Gasteiger charge is 2.22. The van der Waals surface area contributed by atoms with Crippen LogP contribution in [-0.4, -0.2) is 17.3 Å². The number of aliphatic hydroxyl groups excluding tert-OH is 1. The van der Waals surface area contributed by atoms with Crippen LogP contribution >= 0.6 is 0 Å². The zero-order valence-electron chi connectivity index (χ0n) is 10.2. The van der Waals surface area contributed by atoms with E-state index < -0.39 is 0 Å². The van der Waals surface area contributed by atoms with Gasteiger partial charge in [-0.3, -0.25) is 0 Å². The van der Waals surface area contributed by atoms with Gasteiger partial charge in [0, 0.05) is 12.6 Å².